The number of pyridine rings is 1. The van der Waals surface area contributed by atoms with Crippen LogP contribution in [0.2, 0.25) is 0 Å². The topological polar surface area (TPSA) is 95.0 Å². The summed E-state index contributed by atoms with van der Waals surface area (Å²) < 4.78 is 0. The molecule has 2 aromatic carbocycles. The number of aromatic nitrogens is 5. The molecule has 206 valence electrons. The van der Waals surface area contributed by atoms with Crippen LogP contribution in [0.3, 0.4) is 0 Å². The Morgan fingerprint density at radius 1 is 0.610 bits per heavy atom. The fourth-order valence-corrected chi connectivity index (χ4v) is 4.87. The third-order valence-corrected chi connectivity index (χ3v) is 7.01. The number of piperazine rings is 1. The zero-order chi connectivity index (χ0) is 27.9. The SMILES string of the molecule is Cc1cccc(-c2nccc(Nc3ccnc(Nc4ccc(CN5CCN(Cc6ccccc6)CC5)cc4)n3)n2)n1. The van der Waals surface area contributed by atoms with E-state index in [4.69, 9.17) is 0 Å². The van der Waals surface area contributed by atoms with Crippen molar-refractivity contribution in [2.24, 2.45) is 0 Å². The van der Waals surface area contributed by atoms with E-state index in [1.165, 1.54) is 11.1 Å². The average Bonchev–Trinajstić information content (AvgIpc) is 3.00. The lowest BCUT2D eigenvalue weighted by Gasteiger charge is -2.34. The lowest BCUT2D eigenvalue weighted by molar-refractivity contribution is 0.122. The van der Waals surface area contributed by atoms with Gasteiger partial charge in [0.15, 0.2) is 5.82 Å². The van der Waals surface area contributed by atoms with Crippen LogP contribution in [0.1, 0.15) is 16.8 Å². The van der Waals surface area contributed by atoms with Crippen LogP contribution in [-0.2, 0) is 13.1 Å². The molecule has 1 aliphatic heterocycles. The van der Waals surface area contributed by atoms with Gasteiger partial charge in [0.2, 0.25) is 5.95 Å². The Balaban J connectivity index is 1.02. The van der Waals surface area contributed by atoms with E-state index in [9.17, 15) is 0 Å². The lowest BCUT2D eigenvalue weighted by Crippen LogP contribution is -2.45. The van der Waals surface area contributed by atoms with E-state index < -0.39 is 0 Å². The summed E-state index contributed by atoms with van der Waals surface area (Å²) in [5, 5.41) is 6.56. The Morgan fingerprint density at radius 2 is 1.27 bits per heavy atom. The van der Waals surface area contributed by atoms with Gasteiger partial charge in [-0.25, -0.2) is 19.9 Å². The molecule has 1 saturated heterocycles. The van der Waals surface area contributed by atoms with E-state index >= 15 is 0 Å². The Labute approximate surface area is 240 Å². The average molecular weight is 544 g/mol. The van der Waals surface area contributed by atoms with Crippen LogP contribution in [0.25, 0.3) is 11.5 Å². The first kappa shape index (κ1) is 26.5. The van der Waals surface area contributed by atoms with Crippen molar-refractivity contribution in [2.75, 3.05) is 36.8 Å². The van der Waals surface area contributed by atoms with E-state index in [2.05, 4.69) is 100.0 Å². The molecule has 0 saturated carbocycles. The van der Waals surface area contributed by atoms with Crippen molar-refractivity contribution in [1.82, 2.24) is 34.7 Å². The molecule has 41 heavy (non-hydrogen) atoms. The van der Waals surface area contributed by atoms with Crippen LogP contribution in [0.5, 0.6) is 0 Å². The summed E-state index contributed by atoms with van der Waals surface area (Å²) in [7, 11) is 0. The molecule has 4 heterocycles. The molecule has 0 aliphatic carbocycles. The lowest BCUT2D eigenvalue weighted by atomic mass is 10.1. The Hall–Kier alpha value is -4.73. The highest BCUT2D eigenvalue weighted by Crippen LogP contribution is 2.20. The second kappa shape index (κ2) is 12.6. The number of anilines is 4. The van der Waals surface area contributed by atoms with E-state index in [0.717, 1.165) is 56.3 Å². The molecule has 9 heteroatoms. The minimum absolute atomic E-state index is 0.506. The molecule has 9 nitrogen and oxygen atoms in total. The summed E-state index contributed by atoms with van der Waals surface area (Å²) >= 11 is 0. The maximum absolute atomic E-state index is 4.61. The summed E-state index contributed by atoms with van der Waals surface area (Å²) in [6, 6.07) is 28.6. The van der Waals surface area contributed by atoms with Crippen molar-refractivity contribution < 1.29 is 0 Å². The van der Waals surface area contributed by atoms with Gasteiger partial charge in [-0.05, 0) is 54.4 Å². The molecule has 5 aromatic rings. The zero-order valence-corrected chi connectivity index (χ0v) is 23.1. The van der Waals surface area contributed by atoms with Crippen LogP contribution >= 0.6 is 0 Å². The molecule has 0 unspecified atom stereocenters. The molecular weight excluding hydrogens is 510 g/mol. The summed E-state index contributed by atoms with van der Waals surface area (Å²) in [5.41, 5.74) is 5.27. The van der Waals surface area contributed by atoms with Crippen molar-refractivity contribution in [2.45, 2.75) is 20.0 Å². The van der Waals surface area contributed by atoms with Gasteiger partial charge >= 0.3 is 0 Å². The number of hydrogen-bond acceptors (Lipinski definition) is 9. The van der Waals surface area contributed by atoms with Crippen molar-refractivity contribution in [3.63, 3.8) is 0 Å². The summed E-state index contributed by atoms with van der Waals surface area (Å²) in [6.07, 6.45) is 3.43. The Bertz CT molecular complexity index is 1570. The molecular formula is C32H33N9. The van der Waals surface area contributed by atoms with Crippen molar-refractivity contribution in [3.05, 3.63) is 114 Å². The maximum Gasteiger partial charge on any atom is 0.229 e. The van der Waals surface area contributed by atoms with Gasteiger partial charge in [-0.15, -0.1) is 0 Å². The largest absolute Gasteiger partial charge is 0.325 e. The van der Waals surface area contributed by atoms with E-state index in [-0.39, 0.29) is 0 Å². The van der Waals surface area contributed by atoms with E-state index in [1.54, 1.807) is 24.5 Å². The molecule has 0 radical (unpaired) electrons. The minimum Gasteiger partial charge on any atom is -0.325 e. The monoisotopic (exact) mass is 543 g/mol. The van der Waals surface area contributed by atoms with Crippen LogP contribution < -0.4 is 10.6 Å². The Morgan fingerprint density at radius 3 is 1.98 bits per heavy atom. The summed E-state index contributed by atoms with van der Waals surface area (Å²) in [5.74, 6) is 2.33. The van der Waals surface area contributed by atoms with Gasteiger partial charge in [0.1, 0.15) is 17.3 Å². The minimum atomic E-state index is 0.506. The third-order valence-electron chi connectivity index (χ3n) is 7.01. The van der Waals surface area contributed by atoms with Crippen molar-refractivity contribution in [1.29, 1.82) is 0 Å². The first-order valence-corrected chi connectivity index (χ1v) is 13.9. The standard InChI is InChI=1S/C32H33N9/c1-24-6-5-9-28(35-24)31-33-16-14-29(38-31)37-30-15-17-34-32(39-30)36-27-12-10-26(11-13-27)23-41-20-18-40(19-21-41)22-25-7-3-2-4-8-25/h2-17H,18-23H2,1H3,(H2,33,34,36,37,38,39). The van der Waals surface area contributed by atoms with Crippen LogP contribution in [0.4, 0.5) is 23.3 Å². The van der Waals surface area contributed by atoms with Gasteiger partial charge < -0.3 is 10.6 Å². The van der Waals surface area contributed by atoms with Crippen LogP contribution in [0, 0.1) is 6.92 Å². The van der Waals surface area contributed by atoms with Gasteiger partial charge in [0.25, 0.3) is 0 Å². The van der Waals surface area contributed by atoms with Gasteiger partial charge in [0.05, 0.1) is 0 Å². The molecule has 6 rings (SSSR count). The fourth-order valence-electron chi connectivity index (χ4n) is 4.87. The zero-order valence-electron chi connectivity index (χ0n) is 23.1. The molecule has 1 aliphatic rings. The quantitative estimate of drug-likeness (QED) is 0.252. The second-order valence-corrected chi connectivity index (χ2v) is 10.2. The number of hydrogen-bond donors (Lipinski definition) is 2. The first-order chi connectivity index (χ1) is 20.2. The number of nitrogens with one attached hydrogen (secondary N) is 2. The Kier molecular flexibility index (Phi) is 8.16. The third kappa shape index (κ3) is 7.27. The van der Waals surface area contributed by atoms with Gasteiger partial charge in [-0.1, -0.05) is 48.5 Å². The number of rotatable bonds is 9. The predicted octanol–water partition coefficient (Wildman–Crippen LogP) is 5.44. The highest BCUT2D eigenvalue weighted by molar-refractivity contribution is 5.59. The first-order valence-electron chi connectivity index (χ1n) is 13.9. The fraction of sp³-hybridized carbons (Fsp3) is 0.219. The highest BCUT2D eigenvalue weighted by Gasteiger charge is 2.17. The number of aryl methyl sites for hydroxylation is 1. The van der Waals surface area contributed by atoms with Gasteiger partial charge in [-0.3, -0.25) is 9.80 Å². The van der Waals surface area contributed by atoms with Crippen LogP contribution in [-0.4, -0.2) is 60.9 Å². The number of benzene rings is 2. The molecule has 0 spiro atoms. The van der Waals surface area contributed by atoms with Crippen molar-refractivity contribution >= 4 is 23.3 Å². The van der Waals surface area contributed by atoms with Gasteiger partial charge in [0, 0.05) is 63.0 Å². The van der Waals surface area contributed by atoms with Crippen molar-refractivity contribution in [3.8, 4) is 11.5 Å². The van der Waals surface area contributed by atoms with E-state index in [0.29, 0.717) is 23.4 Å². The molecule has 1 fully saturated rings. The summed E-state index contributed by atoms with van der Waals surface area (Å²) in [6.45, 7) is 8.27. The number of nitrogens with zero attached hydrogens (tertiary/aromatic N) is 7. The molecule has 3 aromatic heterocycles. The smallest absolute Gasteiger partial charge is 0.229 e. The van der Waals surface area contributed by atoms with E-state index in [1.807, 2.05) is 25.1 Å². The predicted molar refractivity (Wildman–Crippen MR) is 162 cm³/mol. The maximum atomic E-state index is 4.61. The normalized spacial score (nSPS) is 14.1. The highest BCUT2D eigenvalue weighted by atomic mass is 15.3. The summed E-state index contributed by atoms with van der Waals surface area (Å²) in [4.78, 5) is 27.5. The second-order valence-electron chi connectivity index (χ2n) is 10.2. The molecule has 0 atom stereocenters. The molecule has 0 amide bonds. The molecule has 2 N–H and O–H groups in total. The molecule has 0 bridgehead atoms. The van der Waals surface area contributed by atoms with Crippen LogP contribution in [0.15, 0.2) is 97.3 Å². The van der Waals surface area contributed by atoms with Gasteiger partial charge in [-0.2, -0.15) is 4.98 Å².